The number of rotatable bonds is 7. The van der Waals surface area contributed by atoms with Gasteiger partial charge < -0.3 is 18.3 Å². The van der Waals surface area contributed by atoms with Gasteiger partial charge in [-0.05, 0) is 48.5 Å². The van der Waals surface area contributed by atoms with E-state index in [9.17, 15) is 14.4 Å². The average Bonchev–Trinajstić information content (AvgIpc) is 3.55. The molecule has 10 heteroatoms. The van der Waals surface area contributed by atoms with E-state index >= 15 is 0 Å². The van der Waals surface area contributed by atoms with E-state index < -0.39 is 17.8 Å². The first-order valence-corrected chi connectivity index (χ1v) is 9.49. The van der Waals surface area contributed by atoms with Crippen molar-refractivity contribution in [3.63, 3.8) is 0 Å². The molecule has 3 heterocycles. The SMILES string of the molecule is O=C(NN=Cc1ccc(OC(=O)c2ccco2)cc1OC(=O)c1ccco1)c1cccnc1. The normalized spacial score (nSPS) is 10.7. The van der Waals surface area contributed by atoms with Crippen molar-refractivity contribution in [2.24, 2.45) is 5.10 Å². The number of furan rings is 2. The van der Waals surface area contributed by atoms with Gasteiger partial charge in [-0.25, -0.2) is 15.0 Å². The molecular formula is C23H15N3O7. The van der Waals surface area contributed by atoms with Crippen LogP contribution in [-0.4, -0.2) is 29.0 Å². The minimum atomic E-state index is -0.774. The van der Waals surface area contributed by atoms with Crippen molar-refractivity contribution in [2.75, 3.05) is 0 Å². The van der Waals surface area contributed by atoms with Gasteiger partial charge >= 0.3 is 11.9 Å². The fourth-order valence-corrected chi connectivity index (χ4v) is 2.59. The first-order valence-electron chi connectivity index (χ1n) is 9.49. The second-order valence-electron chi connectivity index (χ2n) is 6.37. The molecule has 4 aromatic rings. The lowest BCUT2D eigenvalue weighted by Gasteiger charge is -2.09. The molecule has 0 aliphatic carbocycles. The zero-order chi connectivity index (χ0) is 23.0. The second kappa shape index (κ2) is 9.88. The molecular weight excluding hydrogens is 430 g/mol. The molecule has 0 bridgehead atoms. The molecule has 0 unspecified atom stereocenters. The number of nitrogens with zero attached hydrogens (tertiary/aromatic N) is 2. The average molecular weight is 445 g/mol. The van der Waals surface area contributed by atoms with Gasteiger partial charge in [-0.3, -0.25) is 9.78 Å². The summed E-state index contributed by atoms with van der Waals surface area (Å²) in [5, 5.41) is 3.89. The molecule has 3 aromatic heterocycles. The summed E-state index contributed by atoms with van der Waals surface area (Å²) in [7, 11) is 0. The number of amides is 1. The van der Waals surface area contributed by atoms with E-state index in [1.165, 1.54) is 61.3 Å². The Balaban J connectivity index is 1.54. The number of esters is 2. The van der Waals surface area contributed by atoms with E-state index in [1.807, 2.05) is 0 Å². The first-order chi connectivity index (χ1) is 16.1. The predicted molar refractivity (Wildman–Crippen MR) is 113 cm³/mol. The Morgan fingerprint density at radius 2 is 1.64 bits per heavy atom. The summed E-state index contributed by atoms with van der Waals surface area (Å²) in [6, 6.07) is 13.5. The van der Waals surface area contributed by atoms with Crippen LogP contribution in [0.2, 0.25) is 0 Å². The number of hydrazone groups is 1. The zero-order valence-corrected chi connectivity index (χ0v) is 16.8. The maximum Gasteiger partial charge on any atom is 0.379 e. The molecule has 0 atom stereocenters. The summed E-state index contributed by atoms with van der Waals surface area (Å²) in [5.74, 6) is -1.89. The third kappa shape index (κ3) is 5.39. The number of carbonyl (C=O) groups is 3. The van der Waals surface area contributed by atoms with Gasteiger partial charge in [0.15, 0.2) is 0 Å². The standard InChI is InChI=1S/C23H15N3O7/c27-21(16-4-1-9-24-13-16)26-25-14-15-7-8-17(32-22(28)18-5-2-10-30-18)12-20(15)33-23(29)19-6-3-11-31-19/h1-14H,(H,26,27). The molecule has 164 valence electrons. The molecule has 0 aliphatic heterocycles. The number of hydrogen-bond donors (Lipinski definition) is 1. The highest BCUT2D eigenvalue weighted by atomic mass is 16.6. The summed E-state index contributed by atoms with van der Waals surface area (Å²) >= 11 is 0. The van der Waals surface area contributed by atoms with Gasteiger partial charge in [0.05, 0.1) is 24.3 Å². The monoisotopic (exact) mass is 445 g/mol. The molecule has 0 spiro atoms. The van der Waals surface area contributed by atoms with Gasteiger partial charge in [0.2, 0.25) is 11.5 Å². The topological polar surface area (TPSA) is 133 Å². The van der Waals surface area contributed by atoms with Crippen molar-refractivity contribution < 1.29 is 32.7 Å². The minimum absolute atomic E-state index is 0.00730. The highest BCUT2D eigenvalue weighted by Crippen LogP contribution is 2.26. The van der Waals surface area contributed by atoms with Gasteiger partial charge in [-0.15, -0.1) is 0 Å². The predicted octanol–water partition coefficient (Wildman–Crippen LogP) is 3.47. The Morgan fingerprint density at radius 1 is 0.909 bits per heavy atom. The largest absolute Gasteiger partial charge is 0.457 e. The zero-order valence-electron chi connectivity index (χ0n) is 16.8. The number of hydrogen-bond acceptors (Lipinski definition) is 9. The second-order valence-corrected chi connectivity index (χ2v) is 6.37. The molecule has 4 rings (SSSR count). The van der Waals surface area contributed by atoms with Crippen LogP contribution in [0.25, 0.3) is 0 Å². The maximum absolute atomic E-state index is 12.4. The van der Waals surface area contributed by atoms with Crippen LogP contribution in [0, 0.1) is 0 Å². The molecule has 0 radical (unpaired) electrons. The summed E-state index contributed by atoms with van der Waals surface area (Å²) in [5.41, 5.74) is 2.99. The summed E-state index contributed by atoms with van der Waals surface area (Å²) in [6.07, 6.45) is 6.88. The van der Waals surface area contributed by atoms with Crippen LogP contribution >= 0.6 is 0 Å². The Kier molecular flexibility index (Phi) is 6.36. The minimum Gasteiger partial charge on any atom is -0.457 e. The fraction of sp³-hybridized carbons (Fsp3) is 0. The highest BCUT2D eigenvalue weighted by Gasteiger charge is 2.17. The number of ether oxygens (including phenoxy) is 2. The molecule has 0 aliphatic rings. The lowest BCUT2D eigenvalue weighted by atomic mass is 10.2. The molecule has 1 amide bonds. The number of pyridine rings is 1. The van der Waals surface area contributed by atoms with Gasteiger partial charge in [-0.1, -0.05) is 0 Å². The van der Waals surface area contributed by atoms with Crippen LogP contribution in [0.15, 0.2) is 93.5 Å². The van der Waals surface area contributed by atoms with E-state index in [0.29, 0.717) is 11.1 Å². The molecule has 0 saturated carbocycles. The Bertz CT molecular complexity index is 1280. The summed E-state index contributed by atoms with van der Waals surface area (Å²) in [6.45, 7) is 0. The van der Waals surface area contributed by atoms with E-state index in [0.717, 1.165) is 0 Å². The lowest BCUT2D eigenvalue weighted by molar-refractivity contribution is 0.0697. The number of carbonyl (C=O) groups excluding carboxylic acids is 3. The summed E-state index contributed by atoms with van der Waals surface area (Å²) in [4.78, 5) is 40.5. The molecule has 0 saturated heterocycles. The van der Waals surface area contributed by atoms with Crippen molar-refractivity contribution in [2.45, 2.75) is 0 Å². The van der Waals surface area contributed by atoms with Crippen LogP contribution in [-0.2, 0) is 0 Å². The van der Waals surface area contributed by atoms with Gasteiger partial charge in [0.25, 0.3) is 5.91 Å². The van der Waals surface area contributed by atoms with Crippen LogP contribution in [0.3, 0.4) is 0 Å². The van der Waals surface area contributed by atoms with E-state index in [2.05, 4.69) is 15.5 Å². The van der Waals surface area contributed by atoms with Crippen molar-refractivity contribution in [3.05, 3.63) is 102 Å². The van der Waals surface area contributed by atoms with E-state index in [4.69, 9.17) is 18.3 Å². The molecule has 10 nitrogen and oxygen atoms in total. The van der Waals surface area contributed by atoms with E-state index in [1.54, 1.807) is 24.4 Å². The van der Waals surface area contributed by atoms with Crippen LogP contribution < -0.4 is 14.9 Å². The number of benzene rings is 1. The van der Waals surface area contributed by atoms with Crippen LogP contribution in [0.5, 0.6) is 11.5 Å². The van der Waals surface area contributed by atoms with E-state index in [-0.39, 0.29) is 23.0 Å². The third-order valence-corrected chi connectivity index (χ3v) is 4.14. The van der Waals surface area contributed by atoms with Crippen LogP contribution in [0.4, 0.5) is 0 Å². The first kappa shape index (κ1) is 21.2. The third-order valence-electron chi connectivity index (χ3n) is 4.14. The maximum atomic E-state index is 12.4. The van der Waals surface area contributed by atoms with Crippen molar-refractivity contribution >= 4 is 24.1 Å². The smallest absolute Gasteiger partial charge is 0.379 e. The molecule has 1 N–H and O–H groups in total. The molecule has 33 heavy (non-hydrogen) atoms. The molecule has 1 aromatic carbocycles. The number of aromatic nitrogens is 1. The Labute approximate surface area is 186 Å². The van der Waals surface area contributed by atoms with Gasteiger partial charge in [0.1, 0.15) is 11.5 Å². The van der Waals surface area contributed by atoms with Gasteiger partial charge in [-0.2, -0.15) is 5.10 Å². The lowest BCUT2D eigenvalue weighted by Crippen LogP contribution is -2.17. The Hall–Kier alpha value is -4.99. The fourth-order valence-electron chi connectivity index (χ4n) is 2.59. The summed E-state index contributed by atoms with van der Waals surface area (Å²) < 4.78 is 20.7. The van der Waals surface area contributed by atoms with Crippen LogP contribution in [0.1, 0.15) is 37.0 Å². The van der Waals surface area contributed by atoms with Crippen molar-refractivity contribution in [1.29, 1.82) is 0 Å². The van der Waals surface area contributed by atoms with Crippen molar-refractivity contribution in [3.8, 4) is 11.5 Å². The Morgan fingerprint density at radius 3 is 2.27 bits per heavy atom. The number of nitrogens with one attached hydrogen (secondary N) is 1. The quantitative estimate of drug-likeness (QED) is 0.198. The highest BCUT2D eigenvalue weighted by molar-refractivity contribution is 5.95. The van der Waals surface area contributed by atoms with Crippen molar-refractivity contribution in [1.82, 2.24) is 10.4 Å². The molecule has 0 fully saturated rings. The van der Waals surface area contributed by atoms with Gasteiger partial charge in [0, 0.05) is 24.0 Å².